The Bertz CT molecular complexity index is 339. The second-order valence-corrected chi connectivity index (χ2v) is 3.19. The molecule has 0 bridgehead atoms. The van der Waals surface area contributed by atoms with Crippen LogP contribution in [-0.2, 0) is 0 Å². The Balaban J connectivity index is 3.02. The smallest absolute Gasteiger partial charge is 0.176 e. The average Bonchev–Trinajstić information content (AvgIpc) is 2.28. The van der Waals surface area contributed by atoms with Crippen molar-refractivity contribution in [3.8, 4) is 11.5 Å². The summed E-state index contributed by atoms with van der Waals surface area (Å²) >= 11 is 0. The molecule has 0 saturated heterocycles. The van der Waals surface area contributed by atoms with E-state index in [1.807, 2.05) is 13.8 Å². The highest BCUT2D eigenvalue weighted by molar-refractivity contribution is 5.98. The lowest BCUT2D eigenvalue weighted by molar-refractivity contribution is 0.100. The van der Waals surface area contributed by atoms with E-state index < -0.39 is 0 Å². The van der Waals surface area contributed by atoms with Gasteiger partial charge in [-0.3, -0.25) is 4.79 Å². The second-order valence-electron chi connectivity index (χ2n) is 3.19. The topological polar surface area (TPSA) is 61.5 Å². The minimum atomic E-state index is -0.123. The quantitative estimate of drug-likeness (QED) is 0.744. The van der Waals surface area contributed by atoms with Gasteiger partial charge in [-0.05, 0) is 26.0 Å². The summed E-state index contributed by atoms with van der Waals surface area (Å²) in [7, 11) is 0. The molecule has 0 heterocycles. The lowest BCUT2D eigenvalue weighted by Crippen LogP contribution is -2.13. The Morgan fingerprint density at radius 1 is 1.12 bits per heavy atom. The number of benzene rings is 1. The Labute approximate surface area is 95.3 Å². The van der Waals surface area contributed by atoms with E-state index in [1.165, 1.54) is 0 Å². The van der Waals surface area contributed by atoms with E-state index in [-0.39, 0.29) is 12.3 Å². The van der Waals surface area contributed by atoms with Crippen LogP contribution in [0, 0.1) is 0 Å². The average molecular weight is 223 g/mol. The van der Waals surface area contributed by atoms with Gasteiger partial charge in [-0.25, -0.2) is 0 Å². The van der Waals surface area contributed by atoms with Gasteiger partial charge >= 0.3 is 0 Å². The molecular formula is C12H17NO3. The molecule has 2 N–H and O–H groups in total. The van der Waals surface area contributed by atoms with Crippen molar-refractivity contribution in [3.05, 3.63) is 23.8 Å². The third kappa shape index (κ3) is 3.24. The van der Waals surface area contributed by atoms with Gasteiger partial charge in [0.15, 0.2) is 5.78 Å². The summed E-state index contributed by atoms with van der Waals surface area (Å²) in [6.45, 7) is 4.86. The van der Waals surface area contributed by atoms with Gasteiger partial charge in [0.2, 0.25) is 0 Å². The van der Waals surface area contributed by atoms with E-state index in [4.69, 9.17) is 15.2 Å². The molecule has 16 heavy (non-hydrogen) atoms. The van der Waals surface area contributed by atoms with E-state index in [9.17, 15) is 4.79 Å². The van der Waals surface area contributed by atoms with E-state index >= 15 is 0 Å². The van der Waals surface area contributed by atoms with Gasteiger partial charge in [0.25, 0.3) is 0 Å². The largest absolute Gasteiger partial charge is 0.494 e. The van der Waals surface area contributed by atoms with Crippen LogP contribution in [0.2, 0.25) is 0 Å². The molecule has 4 nitrogen and oxygen atoms in total. The SMILES string of the molecule is CCOc1cc(OCC)cc(C(=O)CN)c1. The lowest BCUT2D eigenvalue weighted by Gasteiger charge is -2.09. The molecule has 1 aromatic carbocycles. The van der Waals surface area contributed by atoms with Crippen LogP contribution in [0.15, 0.2) is 18.2 Å². The molecule has 0 aliphatic heterocycles. The maximum absolute atomic E-state index is 11.5. The van der Waals surface area contributed by atoms with Crippen molar-refractivity contribution in [1.29, 1.82) is 0 Å². The van der Waals surface area contributed by atoms with Crippen molar-refractivity contribution >= 4 is 5.78 Å². The van der Waals surface area contributed by atoms with Crippen molar-refractivity contribution in [2.75, 3.05) is 19.8 Å². The Morgan fingerprint density at radius 3 is 2.00 bits per heavy atom. The van der Waals surface area contributed by atoms with E-state index in [0.29, 0.717) is 30.3 Å². The van der Waals surface area contributed by atoms with Gasteiger partial charge in [0, 0.05) is 11.6 Å². The van der Waals surface area contributed by atoms with Crippen LogP contribution in [0.4, 0.5) is 0 Å². The zero-order chi connectivity index (χ0) is 12.0. The molecule has 0 aliphatic carbocycles. The van der Waals surface area contributed by atoms with E-state index in [0.717, 1.165) is 0 Å². The number of nitrogens with two attached hydrogens (primary N) is 1. The van der Waals surface area contributed by atoms with Gasteiger partial charge in [0.1, 0.15) is 11.5 Å². The number of hydrogen-bond donors (Lipinski definition) is 1. The number of Topliss-reactive ketones (excluding diaryl/α,β-unsaturated/α-hetero) is 1. The van der Waals surface area contributed by atoms with Crippen molar-refractivity contribution in [2.24, 2.45) is 5.73 Å². The van der Waals surface area contributed by atoms with E-state index in [1.54, 1.807) is 18.2 Å². The third-order valence-corrected chi connectivity index (χ3v) is 2.01. The second kappa shape index (κ2) is 6.12. The normalized spacial score (nSPS) is 9.94. The molecule has 0 aromatic heterocycles. The zero-order valence-electron chi connectivity index (χ0n) is 9.66. The Kier molecular flexibility index (Phi) is 4.79. The minimum Gasteiger partial charge on any atom is -0.494 e. The van der Waals surface area contributed by atoms with Crippen molar-refractivity contribution < 1.29 is 14.3 Å². The standard InChI is InChI=1S/C12H17NO3/c1-3-15-10-5-9(12(14)8-13)6-11(7-10)16-4-2/h5-7H,3-4,8,13H2,1-2H3. The Hall–Kier alpha value is -1.55. The van der Waals surface area contributed by atoms with Crippen LogP contribution in [0.1, 0.15) is 24.2 Å². The highest BCUT2D eigenvalue weighted by Crippen LogP contribution is 2.23. The van der Waals surface area contributed by atoms with Gasteiger partial charge in [-0.1, -0.05) is 0 Å². The molecule has 1 aromatic rings. The first-order chi connectivity index (χ1) is 7.71. The summed E-state index contributed by atoms with van der Waals surface area (Å²) in [6, 6.07) is 5.13. The number of carbonyl (C=O) groups is 1. The van der Waals surface area contributed by atoms with Gasteiger partial charge in [-0.2, -0.15) is 0 Å². The number of hydrogen-bond acceptors (Lipinski definition) is 4. The maximum atomic E-state index is 11.5. The highest BCUT2D eigenvalue weighted by atomic mass is 16.5. The summed E-state index contributed by atoms with van der Waals surface area (Å²) in [5.74, 6) is 1.14. The summed E-state index contributed by atoms with van der Waals surface area (Å²) in [6.07, 6.45) is 0. The molecule has 0 aliphatic rings. The van der Waals surface area contributed by atoms with E-state index in [2.05, 4.69) is 0 Å². The number of rotatable bonds is 6. The van der Waals surface area contributed by atoms with Gasteiger partial charge in [0.05, 0.1) is 19.8 Å². The fraction of sp³-hybridized carbons (Fsp3) is 0.417. The first kappa shape index (κ1) is 12.5. The molecule has 0 amide bonds. The molecule has 0 fully saturated rings. The lowest BCUT2D eigenvalue weighted by atomic mass is 10.1. The summed E-state index contributed by atoms with van der Waals surface area (Å²) in [5, 5.41) is 0. The number of carbonyl (C=O) groups excluding carboxylic acids is 1. The van der Waals surface area contributed by atoms with Crippen molar-refractivity contribution in [2.45, 2.75) is 13.8 Å². The van der Waals surface area contributed by atoms with Crippen molar-refractivity contribution in [3.63, 3.8) is 0 Å². The van der Waals surface area contributed by atoms with Crippen LogP contribution in [0.5, 0.6) is 11.5 Å². The molecule has 0 radical (unpaired) electrons. The molecule has 0 atom stereocenters. The molecule has 0 unspecified atom stereocenters. The van der Waals surface area contributed by atoms with Crippen LogP contribution in [0.3, 0.4) is 0 Å². The molecule has 88 valence electrons. The summed E-state index contributed by atoms with van der Waals surface area (Å²) < 4.78 is 10.7. The first-order valence-corrected chi connectivity index (χ1v) is 5.35. The number of ether oxygens (including phenoxy) is 2. The fourth-order valence-electron chi connectivity index (χ4n) is 1.35. The molecule has 1 rings (SSSR count). The molecule has 0 spiro atoms. The minimum absolute atomic E-state index is 0.0128. The van der Waals surface area contributed by atoms with Gasteiger partial charge < -0.3 is 15.2 Å². The number of ketones is 1. The zero-order valence-corrected chi connectivity index (χ0v) is 9.66. The third-order valence-electron chi connectivity index (χ3n) is 2.01. The summed E-state index contributed by atoms with van der Waals surface area (Å²) in [4.78, 5) is 11.5. The van der Waals surface area contributed by atoms with Crippen LogP contribution >= 0.6 is 0 Å². The first-order valence-electron chi connectivity index (χ1n) is 5.35. The van der Waals surface area contributed by atoms with Crippen LogP contribution in [-0.4, -0.2) is 25.5 Å². The monoisotopic (exact) mass is 223 g/mol. The van der Waals surface area contributed by atoms with Crippen LogP contribution < -0.4 is 15.2 Å². The van der Waals surface area contributed by atoms with Crippen LogP contribution in [0.25, 0.3) is 0 Å². The molecular weight excluding hydrogens is 206 g/mol. The Morgan fingerprint density at radius 2 is 1.62 bits per heavy atom. The predicted molar refractivity (Wildman–Crippen MR) is 62.2 cm³/mol. The highest BCUT2D eigenvalue weighted by Gasteiger charge is 2.08. The van der Waals surface area contributed by atoms with Gasteiger partial charge in [-0.15, -0.1) is 0 Å². The molecule has 0 saturated carbocycles. The van der Waals surface area contributed by atoms with Crippen molar-refractivity contribution in [1.82, 2.24) is 0 Å². The fourth-order valence-corrected chi connectivity index (χ4v) is 1.35. The maximum Gasteiger partial charge on any atom is 0.176 e. The summed E-state index contributed by atoms with van der Waals surface area (Å²) in [5.41, 5.74) is 5.85. The molecule has 4 heteroatoms. The predicted octanol–water partition coefficient (Wildman–Crippen LogP) is 1.63.